The summed E-state index contributed by atoms with van der Waals surface area (Å²) in [6.45, 7) is 12.1. The molecule has 0 aliphatic carbocycles. The van der Waals surface area contributed by atoms with E-state index < -0.39 is 37.8 Å². The molecule has 5 nitrogen and oxygen atoms in total. The van der Waals surface area contributed by atoms with Gasteiger partial charge in [-0.2, -0.15) is 13.2 Å². The molecule has 1 aliphatic rings. The van der Waals surface area contributed by atoms with Gasteiger partial charge in [0.1, 0.15) is 17.7 Å². The van der Waals surface area contributed by atoms with Crippen molar-refractivity contribution in [2.45, 2.75) is 70.6 Å². The second kappa shape index (κ2) is 9.70. The molecule has 2 heterocycles. The zero-order valence-electron chi connectivity index (χ0n) is 20.6. The van der Waals surface area contributed by atoms with Crippen LogP contribution in [0.1, 0.15) is 38.4 Å². The van der Waals surface area contributed by atoms with Crippen LogP contribution in [0.5, 0.6) is 0 Å². The number of nitrogens with zero attached hydrogens (tertiary/aromatic N) is 2. The number of nitrogens with one attached hydrogen (secondary N) is 1. The normalized spacial score (nSPS) is 19.2. The van der Waals surface area contributed by atoms with E-state index in [0.717, 1.165) is 18.2 Å². The van der Waals surface area contributed by atoms with Gasteiger partial charge in [-0.15, -0.1) is 0 Å². The van der Waals surface area contributed by atoms with Crippen molar-refractivity contribution in [2.75, 3.05) is 16.8 Å². The van der Waals surface area contributed by atoms with Crippen LogP contribution in [-0.2, 0) is 15.4 Å². The molecule has 1 aliphatic heterocycles. The Morgan fingerprint density at radius 2 is 1.86 bits per heavy atom. The smallest absolute Gasteiger partial charge is 0.412 e. The Bertz CT molecular complexity index is 1110. The van der Waals surface area contributed by atoms with Crippen molar-refractivity contribution < 1.29 is 26.8 Å². The minimum absolute atomic E-state index is 0.0518. The van der Waals surface area contributed by atoms with Crippen molar-refractivity contribution in [3.63, 3.8) is 0 Å². The topological polar surface area (TPSA) is 54.5 Å². The Hall–Kier alpha value is -2.17. The van der Waals surface area contributed by atoms with Gasteiger partial charge >= 0.3 is 6.18 Å². The molecule has 3 rings (SSSR count). The molecular formula is C24H30ClF4N3O2Si. The van der Waals surface area contributed by atoms with Gasteiger partial charge < -0.3 is 14.6 Å². The summed E-state index contributed by atoms with van der Waals surface area (Å²) in [4.78, 5) is 19.1. The molecule has 0 bridgehead atoms. The average Bonchev–Trinajstić information content (AvgIpc) is 3.12. The van der Waals surface area contributed by atoms with E-state index in [0.29, 0.717) is 0 Å². The first-order chi connectivity index (χ1) is 16.0. The first-order valence-corrected chi connectivity index (χ1v) is 14.5. The molecule has 192 valence electrons. The summed E-state index contributed by atoms with van der Waals surface area (Å²) in [6, 6.07) is 4.86. The number of amides is 1. The van der Waals surface area contributed by atoms with Crippen molar-refractivity contribution in [3.05, 3.63) is 52.4 Å². The largest absolute Gasteiger partial charge is 0.416 e. The number of carbonyl (C=O) groups excluding carboxylic acids is 1. The van der Waals surface area contributed by atoms with Gasteiger partial charge in [-0.05, 0) is 55.4 Å². The summed E-state index contributed by atoms with van der Waals surface area (Å²) in [7, 11) is -2.22. The van der Waals surface area contributed by atoms with Crippen molar-refractivity contribution in [2.24, 2.45) is 0 Å². The van der Waals surface area contributed by atoms with Crippen LogP contribution in [0.25, 0.3) is 0 Å². The van der Waals surface area contributed by atoms with Crippen LogP contribution in [0.4, 0.5) is 29.1 Å². The summed E-state index contributed by atoms with van der Waals surface area (Å²) in [6.07, 6.45) is -4.66. The van der Waals surface area contributed by atoms with Crippen LogP contribution in [0.3, 0.4) is 0 Å². The second-order valence-electron chi connectivity index (χ2n) is 10.4. The van der Waals surface area contributed by atoms with E-state index in [-0.39, 0.29) is 46.3 Å². The average molecular weight is 532 g/mol. The number of carbonyl (C=O) groups is 1. The van der Waals surface area contributed by atoms with Gasteiger partial charge in [-0.25, -0.2) is 9.37 Å². The third-order valence-electron chi connectivity index (χ3n) is 6.58. The lowest BCUT2D eigenvalue weighted by Crippen LogP contribution is -2.44. The third kappa shape index (κ3) is 6.34. The van der Waals surface area contributed by atoms with Gasteiger partial charge in [0.05, 0.1) is 16.7 Å². The fraction of sp³-hybridized carbons (Fsp3) is 0.500. The van der Waals surface area contributed by atoms with Crippen LogP contribution in [0.15, 0.2) is 30.3 Å². The SMILES string of the molecule is Cc1cc(C(F)(F)F)cc(N2C[C@@H](O[Si](C)(C)C(C)(C)C)C[C@H]2C(=O)Nc2ccc(F)c(Cl)c2)n1. The number of pyridine rings is 1. The quantitative estimate of drug-likeness (QED) is 0.340. The maximum Gasteiger partial charge on any atom is 0.416 e. The molecule has 1 saturated heterocycles. The lowest BCUT2D eigenvalue weighted by molar-refractivity contribution is -0.137. The highest BCUT2D eigenvalue weighted by Crippen LogP contribution is 2.40. The van der Waals surface area contributed by atoms with Crippen LogP contribution < -0.4 is 10.2 Å². The van der Waals surface area contributed by atoms with E-state index >= 15 is 0 Å². The number of aromatic nitrogens is 1. The number of anilines is 2. The molecule has 2 atom stereocenters. The highest BCUT2D eigenvalue weighted by molar-refractivity contribution is 6.74. The van der Waals surface area contributed by atoms with Crippen LogP contribution in [0.2, 0.25) is 23.2 Å². The van der Waals surface area contributed by atoms with Crippen molar-refractivity contribution >= 4 is 37.3 Å². The van der Waals surface area contributed by atoms with Gasteiger partial charge in [0.2, 0.25) is 5.91 Å². The highest BCUT2D eigenvalue weighted by atomic mass is 35.5. The lowest BCUT2D eigenvalue weighted by Gasteiger charge is -2.38. The fourth-order valence-electron chi connectivity index (χ4n) is 3.74. The molecule has 2 aromatic rings. The Morgan fingerprint density at radius 3 is 2.43 bits per heavy atom. The van der Waals surface area contributed by atoms with Gasteiger partial charge in [0.15, 0.2) is 8.32 Å². The molecule has 1 N–H and O–H groups in total. The lowest BCUT2D eigenvalue weighted by atomic mass is 10.1. The Morgan fingerprint density at radius 1 is 1.20 bits per heavy atom. The first-order valence-electron chi connectivity index (χ1n) is 11.2. The predicted octanol–water partition coefficient (Wildman–Crippen LogP) is 6.81. The van der Waals surface area contributed by atoms with Gasteiger partial charge in [-0.3, -0.25) is 4.79 Å². The standard InChI is InChI=1S/C24H30ClF4N3O2Si/c1-14-9-15(24(27,28)29)10-21(30-14)32-13-17(34-35(5,6)23(2,3)4)12-20(32)22(33)31-16-7-8-19(26)18(25)11-16/h7-11,17,20H,12-13H2,1-6H3,(H,31,33)/t17-,20-/m0/s1. The van der Waals surface area contributed by atoms with E-state index in [4.69, 9.17) is 16.0 Å². The number of hydrogen-bond acceptors (Lipinski definition) is 4. The van der Waals surface area contributed by atoms with E-state index in [2.05, 4.69) is 44.2 Å². The monoisotopic (exact) mass is 531 g/mol. The van der Waals surface area contributed by atoms with Gasteiger partial charge in [-0.1, -0.05) is 32.4 Å². The number of halogens is 5. The van der Waals surface area contributed by atoms with Crippen LogP contribution in [-0.4, -0.2) is 37.9 Å². The van der Waals surface area contributed by atoms with Crippen molar-refractivity contribution in [1.82, 2.24) is 4.98 Å². The minimum atomic E-state index is -4.55. The summed E-state index contributed by atoms with van der Waals surface area (Å²) in [5, 5.41) is 2.46. The van der Waals surface area contributed by atoms with Crippen LogP contribution in [0, 0.1) is 12.7 Å². The Kier molecular flexibility index (Phi) is 7.60. The molecule has 0 spiro atoms. The Labute approximate surface area is 209 Å². The molecule has 1 aromatic carbocycles. The zero-order valence-corrected chi connectivity index (χ0v) is 22.3. The molecule has 1 fully saturated rings. The number of hydrogen-bond donors (Lipinski definition) is 1. The van der Waals surface area contributed by atoms with E-state index in [1.165, 1.54) is 19.1 Å². The number of alkyl halides is 3. The van der Waals surface area contributed by atoms with Crippen molar-refractivity contribution in [1.29, 1.82) is 0 Å². The molecule has 11 heteroatoms. The molecule has 0 saturated carbocycles. The third-order valence-corrected chi connectivity index (χ3v) is 11.4. The summed E-state index contributed by atoms with van der Waals surface area (Å²) < 4.78 is 60.5. The molecule has 35 heavy (non-hydrogen) atoms. The first kappa shape index (κ1) is 27.4. The second-order valence-corrected chi connectivity index (χ2v) is 15.5. The molecule has 1 aromatic heterocycles. The molecule has 0 radical (unpaired) electrons. The predicted molar refractivity (Wildman–Crippen MR) is 132 cm³/mol. The van der Waals surface area contributed by atoms with E-state index in [9.17, 15) is 22.4 Å². The Balaban J connectivity index is 1.95. The number of benzene rings is 1. The minimum Gasteiger partial charge on any atom is -0.412 e. The molecule has 0 unspecified atom stereocenters. The van der Waals surface area contributed by atoms with Crippen molar-refractivity contribution in [3.8, 4) is 0 Å². The summed E-state index contributed by atoms with van der Waals surface area (Å²) in [5.41, 5.74) is -0.366. The van der Waals surface area contributed by atoms with E-state index in [1.807, 2.05) is 0 Å². The highest BCUT2D eigenvalue weighted by Gasteiger charge is 2.45. The van der Waals surface area contributed by atoms with E-state index in [1.54, 1.807) is 4.90 Å². The zero-order chi connectivity index (χ0) is 26.3. The maximum atomic E-state index is 13.5. The molecule has 1 amide bonds. The molecular weight excluding hydrogens is 502 g/mol. The van der Waals surface area contributed by atoms with Crippen LogP contribution >= 0.6 is 11.6 Å². The van der Waals surface area contributed by atoms with Gasteiger partial charge in [0, 0.05) is 24.3 Å². The summed E-state index contributed by atoms with van der Waals surface area (Å²) >= 11 is 5.83. The summed E-state index contributed by atoms with van der Waals surface area (Å²) in [5.74, 6) is -1.04. The number of rotatable bonds is 5. The number of aryl methyl sites for hydroxylation is 1. The van der Waals surface area contributed by atoms with Gasteiger partial charge in [0.25, 0.3) is 0 Å². The maximum absolute atomic E-state index is 13.5. The fourth-order valence-corrected chi connectivity index (χ4v) is 5.28.